The van der Waals surface area contributed by atoms with E-state index in [0.29, 0.717) is 6.54 Å². The summed E-state index contributed by atoms with van der Waals surface area (Å²) in [5.74, 6) is -0.195. The van der Waals surface area contributed by atoms with Crippen molar-refractivity contribution in [2.45, 2.75) is 12.8 Å². The molecule has 0 saturated heterocycles. The Kier molecular flexibility index (Phi) is 4.19. The molecular formula is C11H14FN. The van der Waals surface area contributed by atoms with Gasteiger partial charge >= 0.3 is 0 Å². The van der Waals surface area contributed by atoms with Crippen LogP contribution in [0.25, 0.3) is 6.08 Å². The SMILES string of the molecule is NCCCC=Cc1ccc(F)cc1. The van der Waals surface area contributed by atoms with Crippen LogP contribution in [0.1, 0.15) is 18.4 Å². The third-order valence-corrected chi connectivity index (χ3v) is 1.76. The molecule has 0 amide bonds. The second-order valence-electron chi connectivity index (χ2n) is 2.88. The monoisotopic (exact) mass is 179 g/mol. The summed E-state index contributed by atoms with van der Waals surface area (Å²) in [6, 6.07) is 6.44. The first-order valence-electron chi connectivity index (χ1n) is 4.45. The quantitative estimate of drug-likeness (QED) is 0.706. The number of rotatable bonds is 4. The first kappa shape index (κ1) is 9.93. The first-order chi connectivity index (χ1) is 6.33. The lowest BCUT2D eigenvalue weighted by atomic mass is 10.2. The fraction of sp³-hybridized carbons (Fsp3) is 0.273. The third kappa shape index (κ3) is 3.85. The van der Waals surface area contributed by atoms with Crippen molar-refractivity contribution in [3.05, 3.63) is 41.7 Å². The predicted octanol–water partition coefficient (Wildman–Crippen LogP) is 2.58. The minimum atomic E-state index is -0.195. The highest BCUT2D eigenvalue weighted by Gasteiger charge is 1.87. The Bertz CT molecular complexity index is 264. The van der Waals surface area contributed by atoms with Crippen molar-refractivity contribution in [2.24, 2.45) is 5.73 Å². The average Bonchev–Trinajstić information content (AvgIpc) is 2.15. The molecule has 1 aromatic rings. The standard InChI is InChI=1S/C11H14FN/c12-11-7-5-10(6-8-11)4-2-1-3-9-13/h2,4-8H,1,3,9,13H2. The van der Waals surface area contributed by atoms with Gasteiger partial charge in [0.05, 0.1) is 0 Å². The van der Waals surface area contributed by atoms with Gasteiger partial charge in [0.2, 0.25) is 0 Å². The summed E-state index contributed by atoms with van der Waals surface area (Å²) in [7, 11) is 0. The van der Waals surface area contributed by atoms with Crippen molar-refractivity contribution in [1.29, 1.82) is 0 Å². The van der Waals surface area contributed by atoms with Crippen molar-refractivity contribution >= 4 is 6.08 Å². The van der Waals surface area contributed by atoms with Crippen LogP contribution < -0.4 is 5.73 Å². The van der Waals surface area contributed by atoms with E-state index < -0.39 is 0 Å². The van der Waals surface area contributed by atoms with Gasteiger partial charge in [-0.25, -0.2) is 4.39 Å². The number of unbranched alkanes of at least 4 members (excludes halogenated alkanes) is 1. The smallest absolute Gasteiger partial charge is 0.123 e. The summed E-state index contributed by atoms with van der Waals surface area (Å²) < 4.78 is 12.5. The summed E-state index contributed by atoms with van der Waals surface area (Å²) in [6.45, 7) is 0.716. The highest BCUT2D eigenvalue weighted by molar-refractivity contribution is 5.48. The van der Waals surface area contributed by atoms with Crippen molar-refractivity contribution in [2.75, 3.05) is 6.54 Å². The molecule has 2 heteroatoms. The molecule has 70 valence electrons. The molecule has 13 heavy (non-hydrogen) atoms. The number of benzene rings is 1. The van der Waals surface area contributed by atoms with E-state index in [-0.39, 0.29) is 5.82 Å². The molecule has 0 aliphatic carbocycles. The van der Waals surface area contributed by atoms with E-state index in [1.54, 1.807) is 12.1 Å². The third-order valence-electron chi connectivity index (χ3n) is 1.76. The van der Waals surface area contributed by atoms with Gasteiger partial charge in [-0.15, -0.1) is 0 Å². The zero-order valence-electron chi connectivity index (χ0n) is 7.54. The molecule has 2 N–H and O–H groups in total. The summed E-state index contributed by atoms with van der Waals surface area (Å²) in [6.07, 6.45) is 6.01. The molecule has 0 fully saturated rings. The molecule has 0 saturated carbocycles. The van der Waals surface area contributed by atoms with Crippen molar-refractivity contribution < 1.29 is 4.39 Å². The van der Waals surface area contributed by atoms with Gasteiger partial charge in [0.15, 0.2) is 0 Å². The largest absolute Gasteiger partial charge is 0.330 e. The topological polar surface area (TPSA) is 26.0 Å². The number of hydrogen-bond acceptors (Lipinski definition) is 1. The number of nitrogens with two attached hydrogens (primary N) is 1. The Morgan fingerprint density at radius 2 is 1.92 bits per heavy atom. The van der Waals surface area contributed by atoms with E-state index >= 15 is 0 Å². The maximum absolute atomic E-state index is 12.5. The Hall–Kier alpha value is -1.15. The van der Waals surface area contributed by atoms with E-state index in [1.807, 2.05) is 6.08 Å². The van der Waals surface area contributed by atoms with E-state index in [0.717, 1.165) is 18.4 Å². The van der Waals surface area contributed by atoms with Crippen LogP contribution in [0.5, 0.6) is 0 Å². The molecule has 0 aliphatic heterocycles. The summed E-state index contributed by atoms with van der Waals surface area (Å²) in [5.41, 5.74) is 6.37. The summed E-state index contributed by atoms with van der Waals surface area (Å²) in [4.78, 5) is 0. The molecule has 1 rings (SSSR count). The van der Waals surface area contributed by atoms with Crippen LogP contribution in [0, 0.1) is 5.82 Å². The minimum absolute atomic E-state index is 0.195. The van der Waals surface area contributed by atoms with E-state index in [9.17, 15) is 4.39 Å². The van der Waals surface area contributed by atoms with Crippen LogP contribution >= 0.6 is 0 Å². The minimum Gasteiger partial charge on any atom is -0.330 e. The molecule has 0 atom stereocenters. The Balaban J connectivity index is 2.44. The molecule has 1 aromatic carbocycles. The first-order valence-corrected chi connectivity index (χ1v) is 4.45. The number of allylic oxidation sites excluding steroid dienone is 1. The average molecular weight is 179 g/mol. The highest BCUT2D eigenvalue weighted by atomic mass is 19.1. The lowest BCUT2D eigenvalue weighted by molar-refractivity contribution is 0.628. The maximum atomic E-state index is 12.5. The van der Waals surface area contributed by atoms with Gasteiger partial charge < -0.3 is 5.73 Å². The number of hydrogen-bond donors (Lipinski definition) is 1. The molecule has 0 heterocycles. The van der Waals surface area contributed by atoms with Crippen LogP contribution in [0.2, 0.25) is 0 Å². The van der Waals surface area contributed by atoms with Gasteiger partial charge in [0, 0.05) is 0 Å². The second kappa shape index (κ2) is 5.49. The van der Waals surface area contributed by atoms with Crippen molar-refractivity contribution in [1.82, 2.24) is 0 Å². The maximum Gasteiger partial charge on any atom is 0.123 e. The normalized spacial score (nSPS) is 10.9. The van der Waals surface area contributed by atoms with Gasteiger partial charge in [-0.05, 0) is 37.1 Å². The van der Waals surface area contributed by atoms with Gasteiger partial charge in [0.1, 0.15) is 5.82 Å². The van der Waals surface area contributed by atoms with Crippen molar-refractivity contribution in [3.63, 3.8) is 0 Å². The fourth-order valence-electron chi connectivity index (χ4n) is 1.03. The van der Waals surface area contributed by atoms with Crippen LogP contribution in [-0.4, -0.2) is 6.54 Å². The Labute approximate surface area is 78.1 Å². The second-order valence-corrected chi connectivity index (χ2v) is 2.88. The van der Waals surface area contributed by atoms with Crippen LogP contribution in [0.15, 0.2) is 30.3 Å². The molecule has 0 radical (unpaired) electrons. The zero-order valence-corrected chi connectivity index (χ0v) is 7.54. The van der Waals surface area contributed by atoms with Gasteiger partial charge in [-0.3, -0.25) is 0 Å². The van der Waals surface area contributed by atoms with Gasteiger partial charge in [-0.1, -0.05) is 24.3 Å². The lowest BCUT2D eigenvalue weighted by Crippen LogP contribution is -1.96. The van der Waals surface area contributed by atoms with Crippen LogP contribution in [0.4, 0.5) is 4.39 Å². The van der Waals surface area contributed by atoms with Crippen molar-refractivity contribution in [3.8, 4) is 0 Å². The van der Waals surface area contributed by atoms with Gasteiger partial charge in [-0.2, -0.15) is 0 Å². The van der Waals surface area contributed by atoms with Crippen LogP contribution in [0.3, 0.4) is 0 Å². The molecule has 0 unspecified atom stereocenters. The zero-order chi connectivity index (χ0) is 9.52. The van der Waals surface area contributed by atoms with Crippen LogP contribution in [-0.2, 0) is 0 Å². The molecule has 0 aromatic heterocycles. The molecule has 0 aliphatic rings. The summed E-state index contributed by atoms with van der Waals surface area (Å²) in [5, 5.41) is 0. The summed E-state index contributed by atoms with van der Waals surface area (Å²) >= 11 is 0. The molecule has 0 spiro atoms. The molecule has 1 nitrogen and oxygen atoms in total. The fourth-order valence-corrected chi connectivity index (χ4v) is 1.03. The Morgan fingerprint density at radius 3 is 2.54 bits per heavy atom. The van der Waals surface area contributed by atoms with E-state index in [2.05, 4.69) is 6.08 Å². The number of halogens is 1. The predicted molar refractivity (Wildman–Crippen MR) is 53.7 cm³/mol. The van der Waals surface area contributed by atoms with E-state index in [4.69, 9.17) is 5.73 Å². The van der Waals surface area contributed by atoms with Gasteiger partial charge in [0.25, 0.3) is 0 Å². The highest BCUT2D eigenvalue weighted by Crippen LogP contribution is 2.05. The Morgan fingerprint density at radius 1 is 1.23 bits per heavy atom. The molecular weight excluding hydrogens is 165 g/mol. The lowest BCUT2D eigenvalue weighted by Gasteiger charge is -1.92. The molecule has 0 bridgehead atoms. The van der Waals surface area contributed by atoms with E-state index in [1.165, 1.54) is 12.1 Å².